The molecule has 0 amide bonds. The van der Waals surface area contributed by atoms with E-state index in [1.165, 1.54) is 33.8 Å². The van der Waals surface area contributed by atoms with Gasteiger partial charge in [-0.25, -0.2) is 9.07 Å². The maximum absolute atomic E-state index is 13.8. The zero-order valence-corrected chi connectivity index (χ0v) is 15.0. The first-order valence-corrected chi connectivity index (χ1v) is 9.49. The van der Waals surface area contributed by atoms with Crippen molar-refractivity contribution in [3.8, 4) is 10.8 Å². The SMILES string of the molecule is Nn1c(Cc2ccccc2F)nnc1SCc1nnc(-c2cccs2)o1. The number of rotatable bonds is 6. The Morgan fingerprint density at radius 2 is 2.00 bits per heavy atom. The van der Waals surface area contributed by atoms with Gasteiger partial charge in [0.05, 0.1) is 10.6 Å². The van der Waals surface area contributed by atoms with Crippen LogP contribution in [0.2, 0.25) is 0 Å². The number of aromatic nitrogens is 5. The number of nitrogen functional groups attached to an aromatic ring is 1. The molecule has 7 nitrogen and oxygen atoms in total. The summed E-state index contributed by atoms with van der Waals surface area (Å²) in [6.07, 6.45) is 0.264. The number of hydrogen-bond donors (Lipinski definition) is 1. The minimum absolute atomic E-state index is 0.264. The van der Waals surface area contributed by atoms with Gasteiger partial charge in [-0.2, -0.15) is 0 Å². The standard InChI is InChI=1S/C16H13FN6OS2/c17-11-5-2-1-4-10(11)8-13-19-22-16(23(13)18)26-9-14-20-21-15(24-14)12-6-3-7-25-12/h1-7H,8-9,18H2. The summed E-state index contributed by atoms with van der Waals surface area (Å²) in [6.45, 7) is 0. The fourth-order valence-electron chi connectivity index (χ4n) is 2.28. The molecule has 3 aromatic heterocycles. The van der Waals surface area contributed by atoms with E-state index >= 15 is 0 Å². The fraction of sp³-hybridized carbons (Fsp3) is 0.125. The molecule has 4 rings (SSSR count). The van der Waals surface area contributed by atoms with Gasteiger partial charge < -0.3 is 10.3 Å². The van der Waals surface area contributed by atoms with Gasteiger partial charge in [-0.15, -0.1) is 31.7 Å². The Morgan fingerprint density at radius 3 is 2.81 bits per heavy atom. The minimum atomic E-state index is -0.295. The van der Waals surface area contributed by atoms with E-state index in [9.17, 15) is 4.39 Å². The lowest BCUT2D eigenvalue weighted by Crippen LogP contribution is -2.14. The van der Waals surface area contributed by atoms with Gasteiger partial charge in [0.1, 0.15) is 5.82 Å². The van der Waals surface area contributed by atoms with Gasteiger partial charge in [0.2, 0.25) is 11.0 Å². The number of benzene rings is 1. The first-order chi connectivity index (χ1) is 12.7. The van der Waals surface area contributed by atoms with E-state index in [4.69, 9.17) is 10.3 Å². The van der Waals surface area contributed by atoms with Crippen LogP contribution in [-0.4, -0.2) is 25.1 Å². The van der Waals surface area contributed by atoms with Crippen LogP contribution >= 0.6 is 23.1 Å². The van der Waals surface area contributed by atoms with E-state index in [2.05, 4.69) is 20.4 Å². The number of hydrogen-bond acceptors (Lipinski definition) is 8. The Bertz CT molecular complexity index is 1010. The molecule has 10 heteroatoms. The number of nitrogens with two attached hydrogens (primary N) is 1. The molecule has 3 heterocycles. The zero-order chi connectivity index (χ0) is 17.9. The number of halogens is 1. The van der Waals surface area contributed by atoms with Gasteiger partial charge >= 0.3 is 0 Å². The Balaban J connectivity index is 1.43. The molecular weight excluding hydrogens is 375 g/mol. The van der Waals surface area contributed by atoms with Crippen molar-refractivity contribution in [1.82, 2.24) is 25.1 Å². The molecule has 0 bridgehead atoms. The summed E-state index contributed by atoms with van der Waals surface area (Å²) in [4.78, 5) is 0.919. The topological polar surface area (TPSA) is 95.7 Å². The second-order valence-corrected chi connectivity index (χ2v) is 7.19. The highest BCUT2D eigenvalue weighted by Crippen LogP contribution is 2.26. The summed E-state index contributed by atoms with van der Waals surface area (Å²) in [5.41, 5.74) is 0.514. The van der Waals surface area contributed by atoms with E-state index < -0.39 is 0 Å². The molecule has 0 unspecified atom stereocenters. The van der Waals surface area contributed by atoms with Gasteiger partial charge in [0.15, 0.2) is 5.82 Å². The van der Waals surface area contributed by atoms with Crippen molar-refractivity contribution in [2.75, 3.05) is 5.84 Å². The Kier molecular flexibility index (Phi) is 4.67. The molecule has 0 saturated heterocycles. The van der Waals surface area contributed by atoms with Crippen molar-refractivity contribution in [2.45, 2.75) is 17.3 Å². The van der Waals surface area contributed by atoms with Crippen molar-refractivity contribution >= 4 is 23.1 Å². The van der Waals surface area contributed by atoms with Gasteiger partial charge in [0.25, 0.3) is 5.89 Å². The normalized spacial score (nSPS) is 11.1. The average Bonchev–Trinajstić information content (AvgIpc) is 3.38. The smallest absolute Gasteiger partial charge is 0.257 e. The summed E-state index contributed by atoms with van der Waals surface area (Å²) in [7, 11) is 0. The third-order valence-corrected chi connectivity index (χ3v) is 5.35. The molecule has 0 spiro atoms. The molecule has 0 saturated carbocycles. The van der Waals surface area contributed by atoms with Gasteiger partial charge in [-0.3, -0.25) is 0 Å². The summed E-state index contributed by atoms with van der Waals surface area (Å²) < 4.78 is 20.8. The lowest BCUT2D eigenvalue weighted by Gasteiger charge is -2.04. The highest BCUT2D eigenvalue weighted by molar-refractivity contribution is 7.98. The van der Waals surface area contributed by atoms with Crippen LogP contribution in [0.25, 0.3) is 10.8 Å². The third-order valence-electron chi connectivity index (χ3n) is 3.57. The fourth-order valence-corrected chi connectivity index (χ4v) is 3.63. The monoisotopic (exact) mass is 388 g/mol. The molecule has 132 valence electrons. The second kappa shape index (κ2) is 7.26. The maximum atomic E-state index is 13.8. The molecule has 0 aliphatic rings. The van der Waals surface area contributed by atoms with Gasteiger partial charge in [-0.05, 0) is 23.1 Å². The van der Waals surface area contributed by atoms with Crippen molar-refractivity contribution in [1.29, 1.82) is 0 Å². The van der Waals surface area contributed by atoms with Crippen LogP contribution < -0.4 is 5.84 Å². The minimum Gasteiger partial charge on any atom is -0.419 e. The lowest BCUT2D eigenvalue weighted by molar-refractivity contribution is 0.529. The molecule has 0 fully saturated rings. The Morgan fingerprint density at radius 1 is 1.12 bits per heavy atom. The molecule has 0 aliphatic heterocycles. The van der Waals surface area contributed by atoms with Gasteiger partial charge in [0, 0.05) is 6.42 Å². The second-order valence-electron chi connectivity index (χ2n) is 5.30. The highest BCUT2D eigenvalue weighted by Gasteiger charge is 2.15. The van der Waals surface area contributed by atoms with Crippen LogP contribution in [-0.2, 0) is 12.2 Å². The molecular formula is C16H13FN6OS2. The Hall–Kier alpha value is -2.72. The summed E-state index contributed by atoms with van der Waals surface area (Å²) in [5.74, 6) is 7.58. The summed E-state index contributed by atoms with van der Waals surface area (Å²) in [6, 6.07) is 10.4. The number of thiophene rings is 1. The molecule has 2 N–H and O–H groups in total. The maximum Gasteiger partial charge on any atom is 0.257 e. The predicted octanol–water partition coefficient (Wildman–Crippen LogP) is 3.13. The van der Waals surface area contributed by atoms with E-state index in [0.717, 1.165) is 4.88 Å². The number of nitrogens with zero attached hydrogens (tertiary/aromatic N) is 5. The van der Waals surface area contributed by atoms with E-state index in [1.54, 1.807) is 18.2 Å². The molecule has 4 aromatic rings. The molecule has 26 heavy (non-hydrogen) atoms. The van der Waals surface area contributed by atoms with Crippen molar-refractivity contribution in [3.63, 3.8) is 0 Å². The van der Waals surface area contributed by atoms with Crippen LogP contribution in [0.15, 0.2) is 51.4 Å². The largest absolute Gasteiger partial charge is 0.419 e. The first kappa shape index (κ1) is 16.7. The van der Waals surface area contributed by atoms with Crippen LogP contribution in [0.1, 0.15) is 17.3 Å². The van der Waals surface area contributed by atoms with Crippen molar-refractivity contribution in [2.24, 2.45) is 0 Å². The van der Waals surface area contributed by atoms with E-state index in [1.807, 2.05) is 17.5 Å². The van der Waals surface area contributed by atoms with Gasteiger partial charge in [-0.1, -0.05) is 36.0 Å². The van der Waals surface area contributed by atoms with E-state index in [0.29, 0.717) is 34.1 Å². The molecule has 0 radical (unpaired) electrons. The van der Waals surface area contributed by atoms with Crippen LogP contribution in [0.3, 0.4) is 0 Å². The van der Waals surface area contributed by atoms with Crippen LogP contribution in [0, 0.1) is 5.82 Å². The van der Waals surface area contributed by atoms with Crippen molar-refractivity contribution in [3.05, 3.63) is 64.9 Å². The average molecular weight is 388 g/mol. The molecule has 1 aromatic carbocycles. The summed E-state index contributed by atoms with van der Waals surface area (Å²) >= 11 is 2.86. The van der Waals surface area contributed by atoms with Crippen molar-refractivity contribution < 1.29 is 8.81 Å². The van der Waals surface area contributed by atoms with Crippen LogP contribution in [0.5, 0.6) is 0 Å². The summed E-state index contributed by atoms with van der Waals surface area (Å²) in [5, 5.41) is 18.6. The zero-order valence-electron chi connectivity index (χ0n) is 13.4. The third kappa shape index (κ3) is 3.46. The first-order valence-electron chi connectivity index (χ1n) is 7.62. The lowest BCUT2D eigenvalue weighted by atomic mass is 10.1. The predicted molar refractivity (Wildman–Crippen MR) is 96.6 cm³/mol. The van der Waals surface area contributed by atoms with Crippen LogP contribution in [0.4, 0.5) is 4.39 Å². The Labute approximate surface area is 156 Å². The molecule has 0 aliphatic carbocycles. The number of thioether (sulfide) groups is 1. The quantitative estimate of drug-likeness (QED) is 0.400. The highest BCUT2D eigenvalue weighted by atomic mass is 32.2. The van der Waals surface area contributed by atoms with E-state index in [-0.39, 0.29) is 12.2 Å². The molecule has 0 atom stereocenters.